The first-order chi connectivity index (χ1) is 10.7. The van der Waals surface area contributed by atoms with Crippen molar-refractivity contribution in [2.45, 2.75) is 19.3 Å². The third kappa shape index (κ3) is 4.91. The Morgan fingerprint density at radius 3 is 2.95 bits per heavy atom. The van der Waals surface area contributed by atoms with Crippen molar-refractivity contribution in [1.29, 1.82) is 0 Å². The number of nitrogens with zero attached hydrogens (tertiary/aromatic N) is 2. The summed E-state index contributed by atoms with van der Waals surface area (Å²) in [4.78, 5) is 28.7. The molecule has 0 bridgehead atoms. The van der Waals surface area contributed by atoms with Crippen molar-refractivity contribution >= 4 is 17.8 Å². The summed E-state index contributed by atoms with van der Waals surface area (Å²) in [6.45, 7) is 2.19. The van der Waals surface area contributed by atoms with E-state index < -0.39 is 11.9 Å². The number of hydrogen-bond acceptors (Lipinski definition) is 4. The molecule has 1 aromatic heterocycles. The number of likely N-dealkylation sites (tertiary alicyclic amines) is 1. The summed E-state index contributed by atoms with van der Waals surface area (Å²) in [5, 5.41) is 15.0. The van der Waals surface area contributed by atoms with Crippen LogP contribution in [0.3, 0.4) is 0 Å². The molecule has 0 saturated carbocycles. The van der Waals surface area contributed by atoms with E-state index in [9.17, 15) is 9.59 Å². The number of carboxylic acids is 1. The molecule has 120 valence electrons. The Balaban J connectivity index is 1.62. The number of rotatable bonds is 6. The molecule has 2 heterocycles. The first kappa shape index (κ1) is 16.1. The van der Waals surface area contributed by atoms with Gasteiger partial charge in [-0.3, -0.25) is 4.79 Å². The van der Waals surface area contributed by atoms with Gasteiger partial charge in [-0.05, 0) is 31.4 Å². The largest absolute Gasteiger partial charge is 0.481 e. The number of carboxylic acid groups (broad SMARTS) is 1. The molecular formula is C15H22N4O3. The number of nitrogens with one attached hydrogen (secondary N) is 2. The first-order valence-electron chi connectivity index (χ1n) is 7.57. The molecule has 1 aromatic rings. The second-order valence-electron chi connectivity index (χ2n) is 5.35. The van der Waals surface area contributed by atoms with E-state index in [2.05, 4.69) is 15.6 Å². The molecule has 7 heteroatoms. The van der Waals surface area contributed by atoms with Gasteiger partial charge in [-0.15, -0.1) is 0 Å². The molecule has 1 aliphatic heterocycles. The summed E-state index contributed by atoms with van der Waals surface area (Å²) in [5.74, 6) is -0.448. The molecule has 1 fully saturated rings. The molecule has 0 spiro atoms. The molecule has 1 atom stereocenters. The Hall–Kier alpha value is -2.31. The highest BCUT2D eigenvalue weighted by Crippen LogP contribution is 2.16. The zero-order valence-electron chi connectivity index (χ0n) is 12.5. The van der Waals surface area contributed by atoms with E-state index in [4.69, 9.17) is 5.11 Å². The van der Waals surface area contributed by atoms with Gasteiger partial charge in [0.15, 0.2) is 0 Å². The van der Waals surface area contributed by atoms with Gasteiger partial charge in [0, 0.05) is 32.4 Å². The third-order valence-electron chi connectivity index (χ3n) is 3.66. The quantitative estimate of drug-likeness (QED) is 0.690. The second-order valence-corrected chi connectivity index (χ2v) is 5.35. The van der Waals surface area contributed by atoms with E-state index in [0.717, 1.165) is 25.2 Å². The Morgan fingerprint density at radius 2 is 2.23 bits per heavy atom. The lowest BCUT2D eigenvalue weighted by atomic mass is 9.99. The van der Waals surface area contributed by atoms with Gasteiger partial charge in [0.05, 0.1) is 5.92 Å². The van der Waals surface area contributed by atoms with Crippen LogP contribution >= 0.6 is 0 Å². The Morgan fingerprint density at radius 1 is 1.36 bits per heavy atom. The summed E-state index contributed by atoms with van der Waals surface area (Å²) < 4.78 is 0. The Bertz CT molecular complexity index is 495. The SMILES string of the molecule is O=C(O)C1CCCN(C(=O)NCCCNc2ccccn2)C1. The molecule has 22 heavy (non-hydrogen) atoms. The van der Waals surface area contributed by atoms with Gasteiger partial charge in [-0.1, -0.05) is 6.07 Å². The molecule has 0 aromatic carbocycles. The molecule has 1 saturated heterocycles. The molecule has 1 unspecified atom stereocenters. The molecule has 3 N–H and O–H groups in total. The number of aromatic nitrogens is 1. The van der Waals surface area contributed by atoms with Crippen molar-refractivity contribution < 1.29 is 14.7 Å². The number of aliphatic carboxylic acids is 1. The highest BCUT2D eigenvalue weighted by molar-refractivity contribution is 5.76. The summed E-state index contributed by atoms with van der Waals surface area (Å²) in [6, 6.07) is 5.47. The lowest BCUT2D eigenvalue weighted by Crippen LogP contribution is -2.47. The molecular weight excluding hydrogens is 284 g/mol. The van der Waals surface area contributed by atoms with Gasteiger partial charge in [-0.2, -0.15) is 0 Å². The molecule has 1 aliphatic rings. The van der Waals surface area contributed by atoms with E-state index in [1.54, 1.807) is 11.1 Å². The fourth-order valence-corrected chi connectivity index (χ4v) is 2.44. The molecule has 2 amide bonds. The lowest BCUT2D eigenvalue weighted by molar-refractivity contribution is -0.143. The van der Waals surface area contributed by atoms with Crippen molar-refractivity contribution in [3.05, 3.63) is 24.4 Å². The van der Waals surface area contributed by atoms with Gasteiger partial charge in [0.1, 0.15) is 5.82 Å². The number of carbonyl (C=O) groups is 2. The zero-order chi connectivity index (χ0) is 15.8. The minimum atomic E-state index is -0.822. The van der Waals surface area contributed by atoms with Crippen LogP contribution in [0.4, 0.5) is 10.6 Å². The predicted molar refractivity (Wildman–Crippen MR) is 82.7 cm³/mol. The lowest BCUT2D eigenvalue weighted by Gasteiger charge is -2.30. The van der Waals surface area contributed by atoms with Crippen molar-refractivity contribution in [3.8, 4) is 0 Å². The Kier molecular flexibility index (Phi) is 6.00. The fraction of sp³-hybridized carbons (Fsp3) is 0.533. The number of carbonyl (C=O) groups excluding carboxylic acids is 1. The van der Waals surface area contributed by atoms with E-state index in [0.29, 0.717) is 26.1 Å². The van der Waals surface area contributed by atoms with Gasteiger partial charge in [0.2, 0.25) is 0 Å². The van der Waals surface area contributed by atoms with Gasteiger partial charge in [0.25, 0.3) is 0 Å². The minimum Gasteiger partial charge on any atom is -0.481 e. The minimum absolute atomic E-state index is 0.177. The number of anilines is 1. The van der Waals surface area contributed by atoms with Crippen LogP contribution in [0.15, 0.2) is 24.4 Å². The Labute approximate surface area is 129 Å². The molecule has 0 radical (unpaired) electrons. The van der Waals surface area contributed by atoms with Crippen LogP contribution in [0.25, 0.3) is 0 Å². The maximum absolute atomic E-state index is 12.0. The summed E-state index contributed by atoms with van der Waals surface area (Å²) in [6.07, 6.45) is 3.89. The summed E-state index contributed by atoms with van der Waals surface area (Å²) in [7, 11) is 0. The number of hydrogen-bond donors (Lipinski definition) is 3. The average molecular weight is 306 g/mol. The van der Waals surface area contributed by atoms with Crippen LogP contribution in [0.1, 0.15) is 19.3 Å². The van der Waals surface area contributed by atoms with E-state index in [1.807, 2.05) is 18.2 Å². The zero-order valence-corrected chi connectivity index (χ0v) is 12.5. The third-order valence-corrected chi connectivity index (χ3v) is 3.66. The smallest absolute Gasteiger partial charge is 0.317 e. The highest BCUT2D eigenvalue weighted by Gasteiger charge is 2.27. The van der Waals surface area contributed by atoms with Crippen LogP contribution in [-0.2, 0) is 4.79 Å². The monoisotopic (exact) mass is 306 g/mol. The topological polar surface area (TPSA) is 94.6 Å². The number of pyridine rings is 1. The second kappa shape index (κ2) is 8.21. The molecule has 7 nitrogen and oxygen atoms in total. The maximum atomic E-state index is 12.0. The standard InChI is InChI=1S/C15H22N4O3/c20-14(21)12-5-3-10-19(11-12)15(22)18-9-4-8-17-13-6-1-2-7-16-13/h1-2,6-7,12H,3-5,8-11H2,(H,16,17)(H,18,22)(H,20,21). The van der Waals surface area contributed by atoms with Crippen molar-refractivity contribution in [2.24, 2.45) is 5.92 Å². The molecule has 0 aliphatic carbocycles. The van der Waals surface area contributed by atoms with Crippen molar-refractivity contribution in [3.63, 3.8) is 0 Å². The van der Waals surface area contributed by atoms with Crippen LogP contribution in [0, 0.1) is 5.92 Å². The van der Waals surface area contributed by atoms with Crippen molar-refractivity contribution in [2.75, 3.05) is 31.5 Å². The fourth-order valence-electron chi connectivity index (χ4n) is 2.44. The summed E-state index contributed by atoms with van der Waals surface area (Å²) >= 11 is 0. The van der Waals surface area contributed by atoms with Crippen molar-refractivity contribution in [1.82, 2.24) is 15.2 Å². The number of urea groups is 1. The normalized spacial score (nSPS) is 17.8. The first-order valence-corrected chi connectivity index (χ1v) is 7.57. The predicted octanol–water partition coefficient (Wildman–Crippen LogP) is 1.39. The van der Waals surface area contributed by atoms with Crippen LogP contribution in [0.5, 0.6) is 0 Å². The highest BCUT2D eigenvalue weighted by atomic mass is 16.4. The van der Waals surface area contributed by atoms with Crippen LogP contribution in [-0.4, -0.2) is 53.2 Å². The van der Waals surface area contributed by atoms with Gasteiger partial charge < -0.3 is 20.6 Å². The van der Waals surface area contributed by atoms with Gasteiger partial charge in [-0.25, -0.2) is 9.78 Å². The van der Waals surface area contributed by atoms with Crippen LogP contribution < -0.4 is 10.6 Å². The maximum Gasteiger partial charge on any atom is 0.317 e. The average Bonchev–Trinajstić information content (AvgIpc) is 2.55. The van der Waals surface area contributed by atoms with Crippen LogP contribution in [0.2, 0.25) is 0 Å². The van der Waals surface area contributed by atoms with E-state index in [1.165, 1.54) is 0 Å². The molecule has 2 rings (SSSR count). The van der Waals surface area contributed by atoms with E-state index in [-0.39, 0.29) is 6.03 Å². The van der Waals surface area contributed by atoms with Gasteiger partial charge >= 0.3 is 12.0 Å². The van der Waals surface area contributed by atoms with E-state index >= 15 is 0 Å². The number of piperidine rings is 1. The number of amides is 2. The summed E-state index contributed by atoms with van der Waals surface area (Å²) in [5.41, 5.74) is 0.